The lowest BCUT2D eigenvalue weighted by atomic mass is 10.1. The van der Waals surface area contributed by atoms with Crippen LogP contribution in [-0.4, -0.2) is 69.7 Å². The molecular weight excluding hydrogens is 479 g/mol. The molecule has 3 aromatic rings. The van der Waals surface area contributed by atoms with Gasteiger partial charge in [-0.15, -0.1) is 0 Å². The largest absolute Gasteiger partial charge is 0.465 e. The van der Waals surface area contributed by atoms with Gasteiger partial charge in [-0.05, 0) is 29.5 Å². The van der Waals surface area contributed by atoms with Gasteiger partial charge in [-0.1, -0.05) is 48.0 Å². The van der Waals surface area contributed by atoms with E-state index in [1.165, 1.54) is 24.1 Å². The minimum atomic E-state index is -1.29. The van der Waals surface area contributed by atoms with Crippen LogP contribution in [0.5, 0.6) is 0 Å². The van der Waals surface area contributed by atoms with Gasteiger partial charge in [0.1, 0.15) is 11.6 Å². The summed E-state index contributed by atoms with van der Waals surface area (Å²) >= 11 is 5.94. The molecule has 0 aliphatic rings. The monoisotopic (exact) mass is 504 g/mol. The number of hydrogen-bond acceptors (Lipinski definition) is 5. The number of fused-ring (bicyclic) bond motifs is 1. The summed E-state index contributed by atoms with van der Waals surface area (Å²) in [6.45, 7) is -0.849. The molecule has 4 N–H and O–H groups in total. The van der Waals surface area contributed by atoms with Crippen molar-refractivity contribution in [2.75, 3.05) is 25.1 Å². The topological polar surface area (TPSA) is 126 Å². The fourth-order valence-electron chi connectivity index (χ4n) is 3.59. The first-order valence-corrected chi connectivity index (χ1v) is 11.2. The summed E-state index contributed by atoms with van der Waals surface area (Å²) in [5.41, 5.74) is 0.368. The molecule has 0 spiro atoms. The van der Waals surface area contributed by atoms with Crippen molar-refractivity contribution in [2.24, 2.45) is 0 Å². The number of nitrogens with zero attached hydrogens (tertiary/aromatic N) is 3. The van der Waals surface area contributed by atoms with Crippen LogP contribution in [0.15, 0.2) is 54.7 Å². The average molecular weight is 505 g/mol. The van der Waals surface area contributed by atoms with Crippen molar-refractivity contribution in [3.8, 4) is 0 Å². The number of anilines is 1. The van der Waals surface area contributed by atoms with E-state index in [9.17, 15) is 29.3 Å². The van der Waals surface area contributed by atoms with E-state index in [1.54, 1.807) is 18.3 Å². The number of benzene rings is 2. The standard InChI is InChI=1S/C24H26ClFN4O5/c1-29(23(33)28-12-17-7-4-8-20(26)22(17)25)18(10-19(32)14-31)13-30(24(34)35)21-9-15-5-2-3-6-16(15)11-27-21/h2-9,11,18-19,31-32H,10,12-14H2,1H3,(H,28,33)(H,34,35)/t18-,19+/m0/s1. The predicted octanol–water partition coefficient (Wildman–Crippen LogP) is 3.47. The summed E-state index contributed by atoms with van der Waals surface area (Å²) in [7, 11) is 1.44. The van der Waals surface area contributed by atoms with Gasteiger partial charge in [0.2, 0.25) is 0 Å². The Morgan fingerprint density at radius 1 is 1.17 bits per heavy atom. The molecule has 186 valence electrons. The summed E-state index contributed by atoms with van der Waals surface area (Å²) in [4.78, 5) is 31.4. The maximum Gasteiger partial charge on any atom is 0.413 e. The highest BCUT2D eigenvalue weighted by Crippen LogP contribution is 2.22. The van der Waals surface area contributed by atoms with Gasteiger partial charge in [0.05, 0.1) is 30.3 Å². The van der Waals surface area contributed by atoms with Gasteiger partial charge in [-0.2, -0.15) is 0 Å². The van der Waals surface area contributed by atoms with E-state index in [1.807, 2.05) is 24.3 Å². The van der Waals surface area contributed by atoms with Crippen molar-refractivity contribution in [3.63, 3.8) is 0 Å². The van der Waals surface area contributed by atoms with Crippen molar-refractivity contribution in [1.29, 1.82) is 0 Å². The Bertz CT molecular complexity index is 1200. The van der Waals surface area contributed by atoms with E-state index >= 15 is 0 Å². The Kier molecular flexibility index (Phi) is 8.80. The molecular formula is C24H26ClFN4O5. The summed E-state index contributed by atoms with van der Waals surface area (Å²) < 4.78 is 13.7. The van der Waals surface area contributed by atoms with Gasteiger partial charge < -0.3 is 25.5 Å². The SMILES string of the molecule is CN(C(=O)NCc1cccc(F)c1Cl)[C@@H](C[C@@H](O)CO)CN(C(=O)O)c1cc2ccccc2cn1. The zero-order chi connectivity index (χ0) is 25.5. The van der Waals surface area contributed by atoms with Crippen molar-refractivity contribution in [2.45, 2.75) is 25.1 Å². The van der Waals surface area contributed by atoms with Crippen LogP contribution in [0.4, 0.5) is 19.8 Å². The number of likely N-dealkylation sites (N-methyl/N-ethyl adjacent to an activating group) is 1. The number of rotatable bonds is 9. The van der Waals surface area contributed by atoms with Gasteiger partial charge >= 0.3 is 12.1 Å². The number of hydrogen-bond donors (Lipinski definition) is 4. The zero-order valence-electron chi connectivity index (χ0n) is 18.9. The van der Waals surface area contributed by atoms with Crippen molar-refractivity contribution >= 4 is 40.3 Å². The van der Waals surface area contributed by atoms with E-state index in [-0.39, 0.29) is 30.4 Å². The minimum Gasteiger partial charge on any atom is -0.465 e. The lowest BCUT2D eigenvalue weighted by Gasteiger charge is -2.33. The first kappa shape index (κ1) is 26.1. The van der Waals surface area contributed by atoms with Crippen molar-refractivity contribution in [1.82, 2.24) is 15.2 Å². The Morgan fingerprint density at radius 2 is 1.89 bits per heavy atom. The molecule has 0 fully saturated rings. The molecule has 0 saturated heterocycles. The minimum absolute atomic E-state index is 0.0656. The molecule has 35 heavy (non-hydrogen) atoms. The molecule has 0 saturated carbocycles. The molecule has 3 amide bonds. The quantitative estimate of drug-likeness (QED) is 0.353. The lowest BCUT2D eigenvalue weighted by molar-refractivity contribution is 0.0671. The highest BCUT2D eigenvalue weighted by molar-refractivity contribution is 6.31. The van der Waals surface area contributed by atoms with Crippen LogP contribution in [0.2, 0.25) is 5.02 Å². The molecule has 0 radical (unpaired) electrons. The van der Waals surface area contributed by atoms with Gasteiger partial charge in [0.15, 0.2) is 0 Å². The van der Waals surface area contributed by atoms with Crippen LogP contribution >= 0.6 is 11.6 Å². The Morgan fingerprint density at radius 3 is 2.57 bits per heavy atom. The highest BCUT2D eigenvalue weighted by Gasteiger charge is 2.28. The van der Waals surface area contributed by atoms with Crippen LogP contribution in [0.25, 0.3) is 10.8 Å². The predicted molar refractivity (Wildman–Crippen MR) is 130 cm³/mol. The third-order valence-corrected chi connectivity index (χ3v) is 6.03. The molecule has 9 nitrogen and oxygen atoms in total. The molecule has 0 unspecified atom stereocenters. The number of aliphatic hydroxyl groups is 2. The number of aromatic nitrogens is 1. The fraction of sp³-hybridized carbons (Fsp3) is 0.292. The first-order valence-electron chi connectivity index (χ1n) is 10.8. The molecule has 2 aromatic carbocycles. The Labute approximate surface area is 206 Å². The van der Waals surface area contributed by atoms with E-state index in [4.69, 9.17) is 11.6 Å². The van der Waals surface area contributed by atoms with Gasteiger partial charge in [-0.25, -0.2) is 19.0 Å². The molecule has 2 atom stereocenters. The molecule has 0 aliphatic carbocycles. The fourth-order valence-corrected chi connectivity index (χ4v) is 3.78. The third kappa shape index (κ3) is 6.56. The van der Waals surface area contributed by atoms with Crippen molar-refractivity contribution in [3.05, 3.63) is 71.1 Å². The van der Waals surface area contributed by atoms with Gasteiger partial charge in [0.25, 0.3) is 0 Å². The first-order chi connectivity index (χ1) is 16.7. The second kappa shape index (κ2) is 11.8. The van der Waals surface area contributed by atoms with E-state index < -0.39 is 36.7 Å². The van der Waals surface area contributed by atoms with Crippen LogP contribution in [-0.2, 0) is 6.54 Å². The number of amides is 3. The number of urea groups is 1. The third-order valence-electron chi connectivity index (χ3n) is 5.60. The number of nitrogens with one attached hydrogen (secondary N) is 1. The number of aliphatic hydroxyl groups excluding tert-OH is 2. The van der Waals surface area contributed by atoms with Crippen molar-refractivity contribution < 1.29 is 29.3 Å². The smallest absolute Gasteiger partial charge is 0.413 e. The maximum absolute atomic E-state index is 13.7. The Hall–Kier alpha value is -3.47. The van der Waals surface area contributed by atoms with Crippen LogP contribution in [0.3, 0.4) is 0 Å². The number of pyridine rings is 1. The molecule has 1 heterocycles. The summed E-state index contributed by atoms with van der Waals surface area (Å²) in [6, 6.07) is 11.8. The van der Waals surface area contributed by atoms with E-state index in [0.29, 0.717) is 5.56 Å². The summed E-state index contributed by atoms with van der Waals surface area (Å²) in [6.07, 6.45) is -1.03. The van der Waals surface area contributed by atoms with Crippen LogP contribution < -0.4 is 10.2 Å². The Balaban J connectivity index is 1.80. The zero-order valence-corrected chi connectivity index (χ0v) is 19.7. The summed E-state index contributed by atoms with van der Waals surface area (Å²) in [5, 5.41) is 33.4. The van der Waals surface area contributed by atoms with Crippen LogP contribution in [0, 0.1) is 5.82 Å². The number of halogens is 2. The van der Waals surface area contributed by atoms with E-state index in [2.05, 4.69) is 10.3 Å². The highest BCUT2D eigenvalue weighted by atomic mass is 35.5. The number of carbonyl (C=O) groups excluding carboxylic acids is 1. The maximum atomic E-state index is 13.7. The number of carbonyl (C=O) groups is 2. The van der Waals surface area contributed by atoms with Crippen LogP contribution in [0.1, 0.15) is 12.0 Å². The second-order valence-electron chi connectivity index (χ2n) is 7.99. The second-order valence-corrected chi connectivity index (χ2v) is 8.37. The molecule has 1 aromatic heterocycles. The van der Waals surface area contributed by atoms with E-state index in [0.717, 1.165) is 15.7 Å². The average Bonchev–Trinajstić information content (AvgIpc) is 2.86. The number of carboxylic acid groups (broad SMARTS) is 1. The van der Waals surface area contributed by atoms with Gasteiger partial charge in [-0.3, -0.25) is 4.90 Å². The molecule has 11 heteroatoms. The normalized spacial score (nSPS) is 12.7. The molecule has 0 bridgehead atoms. The molecule has 3 rings (SSSR count). The lowest BCUT2D eigenvalue weighted by Crippen LogP contribution is -2.51. The van der Waals surface area contributed by atoms with Gasteiger partial charge in [0, 0.05) is 25.2 Å². The summed E-state index contributed by atoms with van der Waals surface area (Å²) in [5.74, 6) is -0.462. The molecule has 0 aliphatic heterocycles.